The standard InChI is InChI=1S/C36H41FN8O2/c1-21-19-44(20-32(46)40-21)35(43-29-16-24-15-28(22(29)2)36(24,3)4)41-26-9-10-27-30(17-26)42-33(31-18-38-12-13-39-31)45(34(27)47)14-11-23-5-7-25(37)8-6-23/h5-10,12-13,17-18,21-22,24,28-29H,11,14-16,19-20H2,1-4H3,(H,40,46)(H,41,43)/t21-,22-,24-,28+,29?/m0/s1. The number of aromatic nitrogens is 4. The Morgan fingerprint density at radius 3 is 2.62 bits per heavy atom. The molecule has 2 aromatic heterocycles. The van der Waals surface area contributed by atoms with Crippen LogP contribution in [-0.4, -0.2) is 61.5 Å². The van der Waals surface area contributed by atoms with Crippen LogP contribution in [0.25, 0.3) is 22.4 Å². The monoisotopic (exact) mass is 636 g/mol. The fraction of sp³-hybridized carbons (Fsp3) is 0.444. The van der Waals surface area contributed by atoms with Gasteiger partial charge in [-0.15, -0.1) is 0 Å². The van der Waals surface area contributed by atoms with Crippen molar-refractivity contribution in [3.63, 3.8) is 0 Å². The number of rotatable bonds is 6. The van der Waals surface area contributed by atoms with Gasteiger partial charge >= 0.3 is 0 Å². The van der Waals surface area contributed by atoms with Gasteiger partial charge < -0.3 is 15.5 Å². The lowest BCUT2D eigenvalue weighted by Gasteiger charge is -2.61. The number of hydrogen-bond acceptors (Lipinski definition) is 6. The zero-order valence-corrected chi connectivity index (χ0v) is 27.3. The summed E-state index contributed by atoms with van der Waals surface area (Å²) in [7, 11) is 0. The number of aliphatic imine (C=N–C) groups is 1. The van der Waals surface area contributed by atoms with Crippen LogP contribution in [0, 0.1) is 29.0 Å². The van der Waals surface area contributed by atoms with Gasteiger partial charge in [0.25, 0.3) is 5.56 Å². The minimum atomic E-state index is -0.303. The number of carbonyl (C=O) groups is 1. The van der Waals surface area contributed by atoms with Gasteiger partial charge in [-0.05, 0) is 85.3 Å². The van der Waals surface area contributed by atoms with Crippen molar-refractivity contribution in [2.75, 3.05) is 18.4 Å². The van der Waals surface area contributed by atoms with Gasteiger partial charge in [0.2, 0.25) is 5.91 Å². The fourth-order valence-corrected chi connectivity index (χ4v) is 7.88. The van der Waals surface area contributed by atoms with Gasteiger partial charge in [0, 0.05) is 37.2 Å². The molecule has 1 amide bonds. The summed E-state index contributed by atoms with van der Waals surface area (Å²) in [5, 5.41) is 7.01. The van der Waals surface area contributed by atoms with Crippen molar-refractivity contribution >= 4 is 28.5 Å². The van der Waals surface area contributed by atoms with Crippen LogP contribution in [0.2, 0.25) is 0 Å². The third-order valence-electron chi connectivity index (χ3n) is 10.7. The minimum absolute atomic E-state index is 0.0134. The molecule has 2 aromatic carbocycles. The molecule has 3 saturated carbocycles. The van der Waals surface area contributed by atoms with Gasteiger partial charge in [0.1, 0.15) is 11.5 Å². The summed E-state index contributed by atoms with van der Waals surface area (Å²) in [5.41, 5.74) is 2.77. The molecule has 4 fully saturated rings. The molecule has 2 N–H and O–H groups in total. The molecule has 3 aliphatic carbocycles. The van der Waals surface area contributed by atoms with Crippen LogP contribution < -0.4 is 16.2 Å². The number of guanidine groups is 1. The van der Waals surface area contributed by atoms with Gasteiger partial charge in [-0.25, -0.2) is 19.4 Å². The van der Waals surface area contributed by atoms with E-state index < -0.39 is 0 Å². The number of piperazine rings is 1. The van der Waals surface area contributed by atoms with E-state index in [0.29, 0.717) is 71.1 Å². The number of aryl methyl sites for hydroxylation is 1. The van der Waals surface area contributed by atoms with Crippen LogP contribution in [-0.2, 0) is 17.8 Å². The molecule has 244 valence electrons. The maximum absolute atomic E-state index is 14.0. The molecule has 4 aliphatic rings. The lowest BCUT2D eigenvalue weighted by Crippen LogP contribution is -2.58. The van der Waals surface area contributed by atoms with Crippen LogP contribution in [0.4, 0.5) is 10.1 Å². The van der Waals surface area contributed by atoms with Crippen LogP contribution >= 0.6 is 0 Å². The van der Waals surface area contributed by atoms with Crippen LogP contribution in [0.15, 0.2) is 70.8 Å². The summed E-state index contributed by atoms with van der Waals surface area (Å²) >= 11 is 0. The molecule has 0 radical (unpaired) electrons. The summed E-state index contributed by atoms with van der Waals surface area (Å²) in [6.45, 7) is 10.3. The Morgan fingerprint density at radius 2 is 1.91 bits per heavy atom. The number of fused-ring (bicyclic) bond motifs is 3. The molecular formula is C36H41FN8O2. The van der Waals surface area contributed by atoms with Crippen LogP contribution in [0.1, 0.15) is 46.1 Å². The lowest BCUT2D eigenvalue weighted by molar-refractivity contribution is -0.124. The molecule has 8 rings (SSSR count). The SMILES string of the molecule is C[C@@H]1C(N=C(Nc2ccc3c(=O)n(CCc4ccc(F)cc4)c(-c4cnccn4)nc3c2)N2CC(=O)N[C@@H](C)C2)C[C@@H]2C[C@H]1C2(C)C. The Morgan fingerprint density at radius 1 is 1.11 bits per heavy atom. The number of hydrogen-bond donors (Lipinski definition) is 2. The van der Waals surface area contributed by atoms with E-state index >= 15 is 0 Å². The molecular weight excluding hydrogens is 595 g/mol. The number of anilines is 1. The molecule has 1 aliphatic heterocycles. The van der Waals surface area contributed by atoms with E-state index in [1.807, 2.05) is 24.0 Å². The number of nitrogens with one attached hydrogen (secondary N) is 2. The summed E-state index contributed by atoms with van der Waals surface area (Å²) < 4.78 is 15.1. The van der Waals surface area contributed by atoms with Crippen molar-refractivity contribution in [1.82, 2.24) is 29.7 Å². The zero-order chi connectivity index (χ0) is 32.9. The Bertz CT molecular complexity index is 1890. The summed E-state index contributed by atoms with van der Waals surface area (Å²) in [6, 6.07) is 11.9. The van der Waals surface area contributed by atoms with Crippen LogP contribution in [0.5, 0.6) is 0 Å². The van der Waals surface area contributed by atoms with Crippen LogP contribution in [0.3, 0.4) is 0 Å². The molecule has 3 heterocycles. The highest BCUT2D eigenvalue weighted by Gasteiger charge is 2.56. The highest BCUT2D eigenvalue weighted by molar-refractivity contribution is 5.98. The van der Waals surface area contributed by atoms with Crippen molar-refractivity contribution in [1.29, 1.82) is 0 Å². The molecule has 1 saturated heterocycles. The molecule has 5 atom stereocenters. The van der Waals surface area contributed by atoms with E-state index in [1.54, 1.807) is 41.4 Å². The second-order valence-corrected chi connectivity index (χ2v) is 14.0. The highest BCUT2D eigenvalue weighted by atomic mass is 19.1. The second-order valence-electron chi connectivity index (χ2n) is 14.0. The Balaban J connectivity index is 1.24. The van der Waals surface area contributed by atoms with E-state index in [1.165, 1.54) is 18.6 Å². The molecule has 4 aromatic rings. The number of halogens is 1. The maximum Gasteiger partial charge on any atom is 0.261 e. The minimum Gasteiger partial charge on any atom is -0.350 e. The quantitative estimate of drug-likeness (QED) is 0.229. The summed E-state index contributed by atoms with van der Waals surface area (Å²) in [5.74, 6) is 2.46. The Labute approximate surface area is 273 Å². The predicted molar refractivity (Wildman–Crippen MR) is 180 cm³/mol. The van der Waals surface area contributed by atoms with Crippen molar-refractivity contribution < 1.29 is 9.18 Å². The summed E-state index contributed by atoms with van der Waals surface area (Å²) in [4.78, 5) is 47.5. The van der Waals surface area contributed by atoms with E-state index in [4.69, 9.17) is 9.98 Å². The Kier molecular flexibility index (Phi) is 8.01. The largest absolute Gasteiger partial charge is 0.350 e. The molecule has 1 unspecified atom stereocenters. The first-order chi connectivity index (χ1) is 22.6. The first-order valence-corrected chi connectivity index (χ1v) is 16.5. The average Bonchev–Trinajstić information content (AvgIpc) is 3.05. The molecule has 2 bridgehead atoms. The van der Waals surface area contributed by atoms with E-state index in [-0.39, 0.29) is 35.9 Å². The fourth-order valence-electron chi connectivity index (χ4n) is 7.88. The van der Waals surface area contributed by atoms with Gasteiger partial charge in [0.15, 0.2) is 11.8 Å². The van der Waals surface area contributed by atoms with E-state index in [2.05, 4.69) is 41.4 Å². The highest BCUT2D eigenvalue weighted by Crippen LogP contribution is 2.61. The molecule has 10 nitrogen and oxygen atoms in total. The topological polar surface area (TPSA) is 117 Å². The summed E-state index contributed by atoms with van der Waals surface area (Å²) in [6.07, 6.45) is 7.55. The molecule has 47 heavy (non-hydrogen) atoms. The van der Waals surface area contributed by atoms with Gasteiger partial charge in [0.05, 0.1) is 29.7 Å². The van der Waals surface area contributed by atoms with Crippen molar-refractivity contribution in [2.45, 2.75) is 65.6 Å². The third-order valence-corrected chi connectivity index (χ3v) is 10.7. The number of nitrogens with zero attached hydrogens (tertiary/aromatic N) is 6. The van der Waals surface area contributed by atoms with Crippen molar-refractivity contribution in [3.8, 4) is 11.5 Å². The van der Waals surface area contributed by atoms with Gasteiger partial charge in [-0.1, -0.05) is 32.9 Å². The third kappa shape index (κ3) is 5.99. The predicted octanol–water partition coefficient (Wildman–Crippen LogP) is 4.89. The number of amides is 1. The van der Waals surface area contributed by atoms with E-state index in [9.17, 15) is 14.0 Å². The number of benzene rings is 2. The number of carbonyl (C=O) groups excluding carboxylic acids is 1. The Hall–Kier alpha value is -4.67. The van der Waals surface area contributed by atoms with Crippen molar-refractivity contribution in [3.05, 3.63) is 82.8 Å². The normalized spacial score (nSPS) is 25.3. The first-order valence-electron chi connectivity index (χ1n) is 16.5. The first kappa shape index (κ1) is 31.0. The van der Waals surface area contributed by atoms with Gasteiger partial charge in [-0.3, -0.25) is 19.1 Å². The molecule has 0 spiro atoms. The smallest absolute Gasteiger partial charge is 0.261 e. The van der Waals surface area contributed by atoms with E-state index in [0.717, 1.165) is 17.7 Å². The van der Waals surface area contributed by atoms with Crippen molar-refractivity contribution in [2.24, 2.45) is 28.2 Å². The van der Waals surface area contributed by atoms with Gasteiger partial charge in [-0.2, -0.15) is 0 Å². The second kappa shape index (κ2) is 12.2. The maximum atomic E-state index is 14.0. The lowest BCUT2D eigenvalue weighted by atomic mass is 9.45. The zero-order valence-electron chi connectivity index (χ0n) is 27.3. The average molecular weight is 637 g/mol. The molecule has 11 heteroatoms.